The lowest BCUT2D eigenvalue weighted by Crippen LogP contribution is -2.39. The number of carbonyl (C=O) groups excluding carboxylic acids is 1. The maximum absolute atomic E-state index is 12.2. The fourth-order valence-corrected chi connectivity index (χ4v) is 2.88. The predicted octanol–water partition coefficient (Wildman–Crippen LogP) is 2.72. The Hall–Kier alpha value is -1.06. The highest BCUT2D eigenvalue weighted by Gasteiger charge is 2.29. The van der Waals surface area contributed by atoms with E-state index in [1.165, 1.54) is 6.42 Å². The summed E-state index contributed by atoms with van der Waals surface area (Å²) in [6.07, 6.45) is 4.38. The van der Waals surface area contributed by atoms with Crippen molar-refractivity contribution in [1.29, 1.82) is 0 Å². The zero-order valence-electron chi connectivity index (χ0n) is 11.1. The molecule has 1 aromatic carbocycles. The molecule has 1 aromatic rings. The summed E-state index contributed by atoms with van der Waals surface area (Å²) in [6.45, 7) is 1.17. The van der Waals surface area contributed by atoms with Gasteiger partial charge in [0, 0.05) is 17.5 Å². The molecule has 1 fully saturated rings. The van der Waals surface area contributed by atoms with E-state index in [4.69, 9.17) is 17.3 Å². The van der Waals surface area contributed by atoms with Crippen LogP contribution in [0.25, 0.3) is 0 Å². The second kappa shape index (κ2) is 6.92. The number of rotatable bonds is 4. The lowest BCUT2D eigenvalue weighted by atomic mass is 9.79. The summed E-state index contributed by atoms with van der Waals surface area (Å²) in [5.41, 5.74) is 6.83. The van der Waals surface area contributed by atoms with E-state index in [0.717, 1.165) is 24.8 Å². The van der Waals surface area contributed by atoms with Gasteiger partial charge in [0.05, 0.1) is 0 Å². The molecule has 1 aliphatic rings. The minimum Gasteiger partial charge on any atom is -0.352 e. The number of nitrogens with one attached hydrogen (secondary N) is 1. The molecule has 3 N–H and O–H groups in total. The third-order valence-electron chi connectivity index (χ3n) is 3.93. The Kier molecular flexibility index (Phi) is 5.23. The summed E-state index contributed by atoms with van der Waals surface area (Å²) in [6, 6.07) is 7.55. The predicted molar refractivity (Wildman–Crippen MR) is 77.8 cm³/mol. The smallest absolute Gasteiger partial charge is 0.223 e. The van der Waals surface area contributed by atoms with Crippen molar-refractivity contribution < 1.29 is 4.79 Å². The minimum atomic E-state index is 0.0889. The number of benzene rings is 1. The first-order valence-corrected chi connectivity index (χ1v) is 7.30. The van der Waals surface area contributed by atoms with Gasteiger partial charge in [-0.3, -0.25) is 4.79 Å². The quantitative estimate of drug-likeness (QED) is 0.891. The summed E-state index contributed by atoms with van der Waals surface area (Å²) >= 11 is 5.83. The van der Waals surface area contributed by atoms with Crippen LogP contribution in [-0.2, 0) is 11.3 Å². The van der Waals surface area contributed by atoms with Gasteiger partial charge in [-0.1, -0.05) is 36.6 Å². The van der Waals surface area contributed by atoms with E-state index in [1.807, 2.05) is 24.3 Å². The summed E-state index contributed by atoms with van der Waals surface area (Å²) < 4.78 is 0. The van der Waals surface area contributed by atoms with Crippen LogP contribution < -0.4 is 11.1 Å². The molecule has 1 aliphatic carbocycles. The Bertz CT molecular complexity index is 419. The van der Waals surface area contributed by atoms with Gasteiger partial charge in [0.1, 0.15) is 0 Å². The lowest BCUT2D eigenvalue weighted by molar-refractivity contribution is -0.127. The summed E-state index contributed by atoms with van der Waals surface area (Å²) in [4.78, 5) is 12.2. The molecule has 4 heteroatoms. The number of hydrogen-bond donors (Lipinski definition) is 2. The van der Waals surface area contributed by atoms with Gasteiger partial charge in [0.15, 0.2) is 0 Å². The third-order valence-corrected chi connectivity index (χ3v) is 4.18. The van der Waals surface area contributed by atoms with Gasteiger partial charge in [-0.25, -0.2) is 0 Å². The van der Waals surface area contributed by atoms with Gasteiger partial charge < -0.3 is 11.1 Å². The van der Waals surface area contributed by atoms with Crippen molar-refractivity contribution in [3.63, 3.8) is 0 Å². The molecule has 2 atom stereocenters. The summed E-state index contributed by atoms with van der Waals surface area (Å²) in [5, 5.41) is 3.73. The van der Waals surface area contributed by atoms with Crippen LogP contribution in [0.3, 0.4) is 0 Å². The minimum absolute atomic E-state index is 0.0889. The van der Waals surface area contributed by atoms with E-state index in [-0.39, 0.29) is 11.8 Å². The third kappa shape index (κ3) is 3.95. The molecule has 0 aliphatic heterocycles. The number of hydrogen-bond acceptors (Lipinski definition) is 2. The maximum atomic E-state index is 12.2. The van der Waals surface area contributed by atoms with Crippen LogP contribution in [0.15, 0.2) is 24.3 Å². The molecule has 3 nitrogen and oxygen atoms in total. The highest BCUT2D eigenvalue weighted by atomic mass is 35.5. The van der Waals surface area contributed by atoms with Crippen molar-refractivity contribution in [3.05, 3.63) is 34.9 Å². The number of nitrogens with two attached hydrogens (primary N) is 1. The zero-order chi connectivity index (χ0) is 13.7. The zero-order valence-corrected chi connectivity index (χ0v) is 11.8. The Morgan fingerprint density at radius 2 is 1.95 bits per heavy atom. The second-order valence-electron chi connectivity index (χ2n) is 5.23. The van der Waals surface area contributed by atoms with Crippen molar-refractivity contribution >= 4 is 17.5 Å². The highest BCUT2D eigenvalue weighted by Crippen LogP contribution is 2.29. The average molecular weight is 281 g/mol. The van der Waals surface area contributed by atoms with Gasteiger partial charge in [-0.05, 0) is 43.0 Å². The van der Waals surface area contributed by atoms with Crippen LogP contribution in [-0.4, -0.2) is 12.5 Å². The van der Waals surface area contributed by atoms with E-state index < -0.39 is 0 Å². The lowest BCUT2D eigenvalue weighted by Gasteiger charge is -2.29. The van der Waals surface area contributed by atoms with Crippen LogP contribution in [0, 0.1) is 11.8 Å². The molecule has 0 bridgehead atoms. The van der Waals surface area contributed by atoms with Crippen molar-refractivity contribution in [3.8, 4) is 0 Å². The van der Waals surface area contributed by atoms with Crippen LogP contribution in [0.2, 0.25) is 5.02 Å². The van der Waals surface area contributed by atoms with Crippen molar-refractivity contribution in [2.24, 2.45) is 17.6 Å². The van der Waals surface area contributed by atoms with Crippen molar-refractivity contribution in [2.75, 3.05) is 6.54 Å². The Labute approximate surface area is 119 Å². The summed E-state index contributed by atoms with van der Waals surface area (Å²) in [5.74, 6) is 0.579. The van der Waals surface area contributed by atoms with Crippen LogP contribution >= 0.6 is 11.6 Å². The standard InChI is InChI=1S/C15H21ClN2O/c16-13-7-5-11(6-8-13)10-18-15(19)14-4-2-1-3-12(14)9-17/h5-8,12,14H,1-4,9-10,17H2,(H,18,19). The first-order valence-electron chi connectivity index (χ1n) is 6.93. The van der Waals surface area contributed by atoms with Gasteiger partial charge in [0.2, 0.25) is 5.91 Å². The van der Waals surface area contributed by atoms with Crippen molar-refractivity contribution in [1.82, 2.24) is 5.32 Å². The van der Waals surface area contributed by atoms with E-state index in [2.05, 4.69) is 5.32 Å². The van der Waals surface area contributed by atoms with Gasteiger partial charge >= 0.3 is 0 Å². The van der Waals surface area contributed by atoms with Gasteiger partial charge in [-0.2, -0.15) is 0 Å². The van der Waals surface area contributed by atoms with Crippen molar-refractivity contribution in [2.45, 2.75) is 32.2 Å². The molecule has 0 aromatic heterocycles. The molecule has 0 radical (unpaired) electrons. The Balaban J connectivity index is 1.87. The second-order valence-corrected chi connectivity index (χ2v) is 5.67. The topological polar surface area (TPSA) is 55.1 Å². The van der Waals surface area contributed by atoms with E-state index in [9.17, 15) is 4.79 Å². The molecule has 1 amide bonds. The van der Waals surface area contributed by atoms with Gasteiger partial charge in [-0.15, -0.1) is 0 Å². The Morgan fingerprint density at radius 1 is 1.26 bits per heavy atom. The van der Waals surface area contributed by atoms with Crippen LogP contribution in [0.1, 0.15) is 31.2 Å². The molecule has 2 rings (SSSR count). The first kappa shape index (κ1) is 14.4. The average Bonchev–Trinajstić information content (AvgIpc) is 2.46. The molecule has 1 saturated carbocycles. The fraction of sp³-hybridized carbons (Fsp3) is 0.533. The largest absolute Gasteiger partial charge is 0.352 e. The normalized spacial score (nSPS) is 23.1. The molecule has 2 unspecified atom stereocenters. The monoisotopic (exact) mass is 280 g/mol. The molecule has 0 spiro atoms. The molecule has 0 saturated heterocycles. The van der Waals surface area contributed by atoms with E-state index >= 15 is 0 Å². The van der Waals surface area contributed by atoms with Crippen LogP contribution in [0.4, 0.5) is 0 Å². The fourth-order valence-electron chi connectivity index (χ4n) is 2.76. The SMILES string of the molecule is NCC1CCCCC1C(=O)NCc1ccc(Cl)cc1. The van der Waals surface area contributed by atoms with E-state index in [0.29, 0.717) is 24.0 Å². The maximum Gasteiger partial charge on any atom is 0.223 e. The number of amides is 1. The molecular formula is C15H21ClN2O. The number of halogens is 1. The van der Waals surface area contributed by atoms with E-state index in [1.54, 1.807) is 0 Å². The highest BCUT2D eigenvalue weighted by molar-refractivity contribution is 6.30. The first-order chi connectivity index (χ1) is 9.20. The molecule has 19 heavy (non-hydrogen) atoms. The Morgan fingerprint density at radius 3 is 2.63 bits per heavy atom. The molecular weight excluding hydrogens is 260 g/mol. The number of carbonyl (C=O) groups is 1. The molecule has 0 heterocycles. The molecule has 104 valence electrons. The van der Waals surface area contributed by atoms with Crippen LogP contribution in [0.5, 0.6) is 0 Å². The summed E-state index contributed by atoms with van der Waals surface area (Å²) in [7, 11) is 0. The van der Waals surface area contributed by atoms with Gasteiger partial charge in [0.25, 0.3) is 0 Å².